The van der Waals surface area contributed by atoms with Crippen molar-refractivity contribution >= 4 is 22.7 Å². The minimum atomic E-state index is -0.788. The molecular weight excluding hydrogens is 290 g/mol. The van der Waals surface area contributed by atoms with Gasteiger partial charge in [0.25, 0.3) is 0 Å². The van der Waals surface area contributed by atoms with Gasteiger partial charge in [0, 0.05) is 17.0 Å². The molecule has 0 aliphatic carbocycles. The van der Waals surface area contributed by atoms with Crippen molar-refractivity contribution in [2.24, 2.45) is 5.73 Å². The van der Waals surface area contributed by atoms with Crippen LogP contribution in [0.4, 0.5) is 0 Å². The van der Waals surface area contributed by atoms with Crippen molar-refractivity contribution in [2.75, 3.05) is 0 Å². The minimum absolute atomic E-state index is 0.0989. The Bertz CT molecular complexity index is 806. The number of Topliss-reactive ketones (excluding diaryl/α,β-unsaturated/α-hetero) is 1. The second-order valence-electron chi connectivity index (χ2n) is 4.92. The maximum atomic E-state index is 11.7. The fourth-order valence-electron chi connectivity index (χ4n) is 1.92. The molecule has 1 aromatic heterocycles. The number of fused-ring (bicyclic) bond motifs is 1. The number of hydrogen-bond acceptors (Lipinski definition) is 7. The molecule has 0 fully saturated rings. The molecule has 2 rings (SSSR count). The van der Waals surface area contributed by atoms with Crippen LogP contribution in [-0.2, 0) is 16.1 Å². The molecular formula is C15H15NO6. The van der Waals surface area contributed by atoms with Crippen LogP contribution in [0.5, 0.6) is 5.75 Å². The first-order valence-corrected chi connectivity index (χ1v) is 6.52. The third-order valence-electron chi connectivity index (χ3n) is 3.04. The molecule has 0 aliphatic heterocycles. The molecule has 0 amide bonds. The number of rotatable bonds is 4. The summed E-state index contributed by atoms with van der Waals surface area (Å²) in [5, 5.41) is 10.1. The average Bonchev–Trinajstić information content (AvgIpc) is 2.42. The van der Waals surface area contributed by atoms with Crippen LogP contribution in [0.2, 0.25) is 0 Å². The Morgan fingerprint density at radius 2 is 2.05 bits per heavy atom. The number of esters is 1. The largest absolute Gasteiger partial charge is 0.508 e. The molecule has 0 saturated heterocycles. The van der Waals surface area contributed by atoms with E-state index in [9.17, 15) is 19.5 Å². The molecule has 1 heterocycles. The summed E-state index contributed by atoms with van der Waals surface area (Å²) in [4.78, 5) is 34.5. The summed E-state index contributed by atoms with van der Waals surface area (Å²) >= 11 is 0. The number of ketones is 1. The summed E-state index contributed by atoms with van der Waals surface area (Å²) in [6.07, 6.45) is 0. The van der Waals surface area contributed by atoms with E-state index in [1.807, 2.05) is 0 Å². The van der Waals surface area contributed by atoms with Crippen LogP contribution >= 0.6 is 0 Å². The zero-order chi connectivity index (χ0) is 16.4. The average molecular weight is 305 g/mol. The molecule has 1 aromatic carbocycles. The van der Waals surface area contributed by atoms with Gasteiger partial charge in [0.1, 0.15) is 29.5 Å². The van der Waals surface area contributed by atoms with Gasteiger partial charge in [-0.3, -0.25) is 9.59 Å². The molecule has 7 nitrogen and oxygen atoms in total. The third kappa shape index (κ3) is 3.15. The molecule has 116 valence electrons. The standard InChI is InChI=1S/C15H15NO6/c1-7(16)14(19)21-6-9-3-10(18)4-13-12(9)5-11(8(2)17)15(20)22-13/h3-5,7,18H,6,16H2,1-2H3/t7-/m0/s1. The van der Waals surface area contributed by atoms with Crippen LogP contribution in [0, 0.1) is 0 Å². The number of benzene rings is 1. The summed E-state index contributed by atoms with van der Waals surface area (Å²) in [5.74, 6) is -1.21. The van der Waals surface area contributed by atoms with Crippen LogP contribution in [-0.4, -0.2) is 22.9 Å². The molecule has 0 unspecified atom stereocenters. The van der Waals surface area contributed by atoms with Crippen LogP contribution < -0.4 is 11.4 Å². The Hall–Kier alpha value is -2.67. The van der Waals surface area contributed by atoms with Gasteiger partial charge in [-0.15, -0.1) is 0 Å². The number of ether oxygens (including phenoxy) is 1. The Morgan fingerprint density at radius 3 is 2.64 bits per heavy atom. The first-order chi connectivity index (χ1) is 10.3. The number of phenolic OH excluding ortho intramolecular Hbond substituents is 1. The molecule has 1 atom stereocenters. The van der Waals surface area contributed by atoms with Crippen molar-refractivity contribution in [2.45, 2.75) is 26.5 Å². The molecule has 3 N–H and O–H groups in total. The molecule has 0 saturated carbocycles. The van der Waals surface area contributed by atoms with E-state index in [2.05, 4.69) is 0 Å². The molecule has 0 radical (unpaired) electrons. The third-order valence-corrected chi connectivity index (χ3v) is 3.04. The fourth-order valence-corrected chi connectivity index (χ4v) is 1.92. The van der Waals surface area contributed by atoms with E-state index < -0.39 is 23.4 Å². The lowest BCUT2D eigenvalue weighted by Crippen LogP contribution is -2.28. The summed E-state index contributed by atoms with van der Waals surface area (Å²) < 4.78 is 10.0. The Kier molecular flexibility index (Phi) is 4.27. The van der Waals surface area contributed by atoms with Gasteiger partial charge in [-0.25, -0.2) is 4.79 Å². The molecule has 0 aliphatic rings. The van der Waals surface area contributed by atoms with Crippen molar-refractivity contribution in [3.05, 3.63) is 39.7 Å². The Balaban J connectivity index is 2.52. The summed E-state index contributed by atoms with van der Waals surface area (Å²) in [5.41, 5.74) is 4.99. The first-order valence-electron chi connectivity index (χ1n) is 6.52. The van der Waals surface area contributed by atoms with E-state index in [1.165, 1.54) is 32.0 Å². The van der Waals surface area contributed by atoms with Crippen molar-refractivity contribution in [3.63, 3.8) is 0 Å². The van der Waals surface area contributed by atoms with E-state index in [-0.39, 0.29) is 23.5 Å². The van der Waals surface area contributed by atoms with Gasteiger partial charge in [-0.2, -0.15) is 0 Å². The van der Waals surface area contributed by atoms with Crippen LogP contribution in [0.15, 0.2) is 27.4 Å². The molecule has 0 spiro atoms. The SMILES string of the molecule is CC(=O)c1cc2c(COC(=O)[C@H](C)N)cc(O)cc2oc1=O. The Morgan fingerprint density at radius 1 is 1.36 bits per heavy atom. The topological polar surface area (TPSA) is 120 Å². The van der Waals surface area contributed by atoms with Gasteiger partial charge in [0.15, 0.2) is 5.78 Å². The highest BCUT2D eigenvalue weighted by molar-refractivity contribution is 5.97. The zero-order valence-corrected chi connectivity index (χ0v) is 12.1. The van der Waals surface area contributed by atoms with Crippen molar-refractivity contribution in [1.82, 2.24) is 0 Å². The second-order valence-corrected chi connectivity index (χ2v) is 4.92. The number of hydrogen-bond donors (Lipinski definition) is 2. The van der Waals surface area contributed by atoms with Gasteiger partial charge < -0.3 is 20.0 Å². The predicted octanol–water partition coefficient (Wildman–Crippen LogP) is 1.09. The van der Waals surface area contributed by atoms with Gasteiger partial charge in [-0.1, -0.05) is 0 Å². The highest BCUT2D eigenvalue weighted by atomic mass is 16.5. The predicted molar refractivity (Wildman–Crippen MR) is 77.6 cm³/mol. The molecule has 2 aromatic rings. The lowest BCUT2D eigenvalue weighted by molar-refractivity contribution is -0.146. The first kappa shape index (κ1) is 15.7. The van der Waals surface area contributed by atoms with Gasteiger partial charge >= 0.3 is 11.6 Å². The smallest absolute Gasteiger partial charge is 0.347 e. The quantitative estimate of drug-likeness (QED) is 0.493. The van der Waals surface area contributed by atoms with E-state index in [1.54, 1.807) is 0 Å². The number of nitrogens with two attached hydrogens (primary N) is 1. The van der Waals surface area contributed by atoms with E-state index >= 15 is 0 Å². The van der Waals surface area contributed by atoms with Crippen molar-refractivity contribution < 1.29 is 23.8 Å². The zero-order valence-electron chi connectivity index (χ0n) is 12.1. The van der Waals surface area contributed by atoms with Gasteiger partial charge in [0.2, 0.25) is 0 Å². The van der Waals surface area contributed by atoms with E-state index in [4.69, 9.17) is 14.9 Å². The molecule has 0 bridgehead atoms. The normalized spacial score (nSPS) is 12.1. The highest BCUT2D eigenvalue weighted by Gasteiger charge is 2.15. The van der Waals surface area contributed by atoms with Crippen molar-refractivity contribution in [3.8, 4) is 5.75 Å². The maximum absolute atomic E-state index is 11.7. The summed E-state index contributed by atoms with van der Waals surface area (Å²) in [6, 6.07) is 3.19. The van der Waals surface area contributed by atoms with Gasteiger partial charge in [-0.05, 0) is 26.0 Å². The van der Waals surface area contributed by atoms with Gasteiger partial charge in [0.05, 0.1) is 0 Å². The molecule has 7 heteroatoms. The second kappa shape index (κ2) is 5.98. The lowest BCUT2D eigenvalue weighted by atomic mass is 10.1. The highest BCUT2D eigenvalue weighted by Crippen LogP contribution is 2.25. The molecule has 22 heavy (non-hydrogen) atoms. The van der Waals surface area contributed by atoms with Crippen LogP contribution in [0.25, 0.3) is 11.0 Å². The van der Waals surface area contributed by atoms with Crippen molar-refractivity contribution in [1.29, 1.82) is 0 Å². The summed E-state index contributed by atoms with van der Waals surface area (Å²) in [6.45, 7) is 2.56. The lowest BCUT2D eigenvalue weighted by Gasteiger charge is -2.10. The number of carbonyl (C=O) groups is 2. The Labute approximate surface area is 125 Å². The summed E-state index contributed by atoms with van der Waals surface area (Å²) in [7, 11) is 0. The number of aromatic hydroxyl groups is 1. The maximum Gasteiger partial charge on any atom is 0.347 e. The minimum Gasteiger partial charge on any atom is -0.508 e. The van der Waals surface area contributed by atoms with E-state index in [0.29, 0.717) is 10.9 Å². The van der Waals surface area contributed by atoms with Crippen LogP contribution in [0.3, 0.4) is 0 Å². The monoisotopic (exact) mass is 305 g/mol. The van der Waals surface area contributed by atoms with E-state index in [0.717, 1.165) is 0 Å². The fraction of sp³-hybridized carbons (Fsp3) is 0.267. The van der Waals surface area contributed by atoms with Crippen LogP contribution in [0.1, 0.15) is 29.8 Å². The number of carbonyl (C=O) groups excluding carboxylic acids is 2. The number of phenols is 1.